The zero-order chi connectivity index (χ0) is 16.3. The molecule has 0 unspecified atom stereocenters. The van der Waals surface area contributed by atoms with Crippen molar-refractivity contribution in [1.29, 1.82) is 0 Å². The highest BCUT2D eigenvalue weighted by atomic mass is 32.2. The van der Waals surface area contributed by atoms with Crippen molar-refractivity contribution < 1.29 is 26.4 Å². The number of hydrogen-bond donors (Lipinski definition) is 1. The van der Waals surface area contributed by atoms with Crippen molar-refractivity contribution in [3.8, 4) is 0 Å². The zero-order valence-corrected chi connectivity index (χ0v) is 12.4. The first-order chi connectivity index (χ1) is 9.49. The van der Waals surface area contributed by atoms with Gasteiger partial charge in [-0.15, -0.1) is 0 Å². The molecule has 0 heterocycles. The van der Waals surface area contributed by atoms with Crippen LogP contribution < -0.4 is 5.32 Å². The predicted molar refractivity (Wildman–Crippen MR) is 72.7 cm³/mol. The summed E-state index contributed by atoms with van der Waals surface area (Å²) in [4.78, 5) is 11.8. The van der Waals surface area contributed by atoms with E-state index in [9.17, 15) is 26.4 Å². The number of hydrogen-bond acceptors (Lipinski definition) is 3. The number of nitrogens with one attached hydrogen (secondary N) is 1. The van der Waals surface area contributed by atoms with Crippen molar-refractivity contribution in [2.45, 2.75) is 25.6 Å². The Labute approximate surface area is 121 Å². The summed E-state index contributed by atoms with van der Waals surface area (Å²) in [5, 5.41) is 2.48. The average molecular weight is 323 g/mol. The molecule has 1 rings (SSSR count). The first kappa shape index (κ1) is 17.5. The molecule has 0 saturated carbocycles. The second-order valence-corrected chi connectivity index (χ2v) is 7.13. The van der Waals surface area contributed by atoms with E-state index < -0.39 is 33.5 Å². The van der Waals surface area contributed by atoms with Crippen molar-refractivity contribution >= 4 is 15.7 Å². The van der Waals surface area contributed by atoms with Crippen LogP contribution in [-0.2, 0) is 16.0 Å². The summed E-state index contributed by atoms with van der Waals surface area (Å²) >= 11 is 0. The number of rotatable bonds is 5. The summed E-state index contributed by atoms with van der Waals surface area (Å²) in [5.74, 6) is -0.765. The normalized spacial score (nSPS) is 13.8. The smallest absolute Gasteiger partial charge is 0.350 e. The Kier molecular flexibility index (Phi) is 5.38. The second-order valence-electron chi connectivity index (χ2n) is 4.87. The fourth-order valence-corrected chi connectivity index (χ4v) is 2.39. The molecule has 0 spiro atoms. The molecule has 1 aromatic carbocycles. The van der Waals surface area contributed by atoms with Crippen LogP contribution in [0.1, 0.15) is 29.3 Å². The quantitative estimate of drug-likeness (QED) is 0.904. The van der Waals surface area contributed by atoms with Crippen LogP contribution in [0.2, 0.25) is 0 Å². The Morgan fingerprint density at radius 1 is 1.33 bits per heavy atom. The van der Waals surface area contributed by atoms with E-state index in [-0.39, 0.29) is 17.7 Å². The van der Waals surface area contributed by atoms with E-state index in [1.165, 1.54) is 6.07 Å². The summed E-state index contributed by atoms with van der Waals surface area (Å²) in [7, 11) is -3.15. The summed E-state index contributed by atoms with van der Waals surface area (Å²) < 4.78 is 59.7. The van der Waals surface area contributed by atoms with E-state index >= 15 is 0 Å². The molecular weight excluding hydrogens is 307 g/mol. The molecule has 118 valence electrons. The molecule has 8 heteroatoms. The third-order valence-corrected chi connectivity index (χ3v) is 3.73. The number of halogens is 3. The van der Waals surface area contributed by atoms with Crippen LogP contribution >= 0.6 is 0 Å². The van der Waals surface area contributed by atoms with Crippen molar-refractivity contribution in [3.05, 3.63) is 35.4 Å². The highest BCUT2D eigenvalue weighted by molar-refractivity contribution is 7.90. The lowest BCUT2D eigenvalue weighted by Gasteiger charge is -2.14. The van der Waals surface area contributed by atoms with E-state index in [1.807, 2.05) is 0 Å². The van der Waals surface area contributed by atoms with Gasteiger partial charge in [0.1, 0.15) is 9.84 Å². The molecule has 1 atom stereocenters. The largest absolute Gasteiger partial charge is 0.416 e. The molecule has 4 nitrogen and oxygen atoms in total. The molecule has 0 aromatic heterocycles. The standard InChI is InChI=1S/C13H16F3NO3S/c1-9(6-7-21(2,19)20)17-12(18)10-4-3-5-11(8-10)13(14,15)16/h3-5,8-9H,6-7H2,1-2H3,(H,17,18)/t9-/m1/s1. The fraction of sp³-hybridized carbons (Fsp3) is 0.462. The summed E-state index contributed by atoms with van der Waals surface area (Å²) in [6, 6.07) is 3.61. The van der Waals surface area contributed by atoms with Crippen molar-refractivity contribution in [2.75, 3.05) is 12.0 Å². The van der Waals surface area contributed by atoms with E-state index in [2.05, 4.69) is 5.32 Å². The monoisotopic (exact) mass is 323 g/mol. The Morgan fingerprint density at radius 2 is 1.95 bits per heavy atom. The summed E-state index contributed by atoms with van der Waals surface area (Å²) in [6.45, 7) is 1.59. The molecule has 0 fully saturated rings. The van der Waals surface area contributed by atoms with Gasteiger partial charge in [-0.2, -0.15) is 13.2 Å². The molecule has 1 amide bonds. The van der Waals surface area contributed by atoms with Crippen LogP contribution in [0.25, 0.3) is 0 Å². The number of alkyl halides is 3. The Morgan fingerprint density at radius 3 is 2.48 bits per heavy atom. The van der Waals surface area contributed by atoms with Crippen LogP contribution in [-0.4, -0.2) is 32.4 Å². The third kappa shape index (κ3) is 6.16. The van der Waals surface area contributed by atoms with Gasteiger partial charge in [0.2, 0.25) is 0 Å². The minimum Gasteiger partial charge on any atom is -0.350 e. The molecule has 0 bridgehead atoms. The second kappa shape index (κ2) is 6.46. The number of carbonyl (C=O) groups excluding carboxylic acids is 1. The minimum absolute atomic E-state index is 0.100. The Balaban J connectivity index is 2.72. The topological polar surface area (TPSA) is 63.2 Å². The fourth-order valence-electron chi connectivity index (χ4n) is 1.61. The van der Waals surface area contributed by atoms with Gasteiger partial charge in [0.25, 0.3) is 5.91 Å². The van der Waals surface area contributed by atoms with Crippen molar-refractivity contribution in [2.24, 2.45) is 0 Å². The lowest BCUT2D eigenvalue weighted by Crippen LogP contribution is -2.34. The number of amides is 1. The molecular formula is C13H16F3NO3S. The molecule has 0 radical (unpaired) electrons. The van der Waals surface area contributed by atoms with E-state index in [0.29, 0.717) is 0 Å². The van der Waals surface area contributed by atoms with Gasteiger partial charge in [-0.05, 0) is 31.5 Å². The Hall–Kier alpha value is -1.57. The number of benzene rings is 1. The maximum Gasteiger partial charge on any atom is 0.416 e. The maximum atomic E-state index is 12.5. The van der Waals surface area contributed by atoms with Crippen LogP contribution in [0.5, 0.6) is 0 Å². The van der Waals surface area contributed by atoms with Gasteiger partial charge in [0.05, 0.1) is 11.3 Å². The Bertz CT molecular complexity index is 611. The van der Waals surface area contributed by atoms with Crippen LogP contribution in [0.3, 0.4) is 0 Å². The third-order valence-electron chi connectivity index (χ3n) is 2.75. The minimum atomic E-state index is -4.52. The lowest BCUT2D eigenvalue weighted by molar-refractivity contribution is -0.137. The SMILES string of the molecule is C[C@H](CCS(C)(=O)=O)NC(=O)c1cccc(C(F)(F)F)c1. The van der Waals surface area contributed by atoms with Crippen LogP contribution in [0.4, 0.5) is 13.2 Å². The van der Waals surface area contributed by atoms with Crippen molar-refractivity contribution in [3.63, 3.8) is 0 Å². The molecule has 1 N–H and O–H groups in total. The summed E-state index contributed by atoms with van der Waals surface area (Å²) in [6.07, 6.45) is -3.24. The molecule has 0 aliphatic carbocycles. The van der Waals surface area contributed by atoms with Crippen molar-refractivity contribution in [1.82, 2.24) is 5.32 Å². The number of carbonyl (C=O) groups is 1. The van der Waals surface area contributed by atoms with Gasteiger partial charge in [-0.25, -0.2) is 8.42 Å². The predicted octanol–water partition coefficient (Wildman–Crippen LogP) is 2.26. The molecule has 21 heavy (non-hydrogen) atoms. The summed E-state index contributed by atoms with van der Waals surface area (Å²) in [5.41, 5.74) is -1.02. The first-order valence-electron chi connectivity index (χ1n) is 6.15. The molecule has 0 saturated heterocycles. The van der Waals surface area contributed by atoms with E-state index in [0.717, 1.165) is 24.5 Å². The first-order valence-corrected chi connectivity index (χ1v) is 8.21. The lowest BCUT2D eigenvalue weighted by atomic mass is 10.1. The molecule has 0 aliphatic heterocycles. The maximum absolute atomic E-state index is 12.5. The zero-order valence-electron chi connectivity index (χ0n) is 11.6. The van der Waals surface area contributed by atoms with Gasteiger partial charge in [-0.3, -0.25) is 4.79 Å². The van der Waals surface area contributed by atoms with Gasteiger partial charge in [-0.1, -0.05) is 6.07 Å². The van der Waals surface area contributed by atoms with Gasteiger partial charge in [0.15, 0.2) is 0 Å². The molecule has 0 aliphatic rings. The number of sulfone groups is 1. The van der Waals surface area contributed by atoms with E-state index in [4.69, 9.17) is 0 Å². The van der Waals surface area contributed by atoms with Crippen LogP contribution in [0, 0.1) is 0 Å². The van der Waals surface area contributed by atoms with Gasteiger partial charge >= 0.3 is 6.18 Å². The highest BCUT2D eigenvalue weighted by Gasteiger charge is 2.30. The van der Waals surface area contributed by atoms with Crippen LogP contribution in [0.15, 0.2) is 24.3 Å². The van der Waals surface area contributed by atoms with Gasteiger partial charge in [0, 0.05) is 17.9 Å². The van der Waals surface area contributed by atoms with Gasteiger partial charge < -0.3 is 5.32 Å². The van der Waals surface area contributed by atoms with E-state index in [1.54, 1.807) is 6.92 Å². The highest BCUT2D eigenvalue weighted by Crippen LogP contribution is 2.29. The molecule has 1 aromatic rings. The average Bonchev–Trinajstić information content (AvgIpc) is 2.34.